The van der Waals surface area contributed by atoms with Crippen molar-refractivity contribution in [1.82, 2.24) is 0 Å². The highest BCUT2D eigenvalue weighted by atomic mass is 16.7. The third kappa shape index (κ3) is 1.39. The van der Waals surface area contributed by atoms with Crippen molar-refractivity contribution >= 4 is 5.97 Å². The highest BCUT2D eigenvalue weighted by Crippen LogP contribution is 2.79. The molecule has 0 aromatic heterocycles. The van der Waals surface area contributed by atoms with Crippen LogP contribution in [-0.4, -0.2) is 47.2 Å². The van der Waals surface area contributed by atoms with Crippen LogP contribution in [0.2, 0.25) is 0 Å². The van der Waals surface area contributed by atoms with E-state index in [1.165, 1.54) is 5.57 Å². The van der Waals surface area contributed by atoms with E-state index in [9.17, 15) is 9.90 Å². The fourth-order valence-corrected chi connectivity index (χ4v) is 7.29. The van der Waals surface area contributed by atoms with Crippen LogP contribution in [-0.2, 0) is 19.0 Å². The molecule has 3 aliphatic heterocycles. The number of aliphatic hydroxyl groups is 1. The quantitative estimate of drug-likeness (QED) is 0.581. The van der Waals surface area contributed by atoms with Gasteiger partial charge in [-0.05, 0) is 49.0 Å². The summed E-state index contributed by atoms with van der Waals surface area (Å²) in [5.41, 5.74) is 1.12. The van der Waals surface area contributed by atoms with Gasteiger partial charge in [0, 0.05) is 11.0 Å². The number of carbonyl (C=O) groups is 1. The summed E-state index contributed by atoms with van der Waals surface area (Å²) in [6.07, 6.45) is 3.26. The zero-order valence-electron chi connectivity index (χ0n) is 15.1. The van der Waals surface area contributed by atoms with Crippen LogP contribution >= 0.6 is 0 Å². The first-order chi connectivity index (χ1) is 11.9. The lowest BCUT2D eigenvalue weighted by Gasteiger charge is -2.54. The van der Waals surface area contributed by atoms with E-state index in [-0.39, 0.29) is 41.0 Å². The van der Waals surface area contributed by atoms with Crippen molar-refractivity contribution < 1.29 is 24.1 Å². The molecule has 8 atom stereocenters. The number of hydrogen-bond acceptors (Lipinski definition) is 5. The van der Waals surface area contributed by atoms with Gasteiger partial charge in [-0.2, -0.15) is 0 Å². The van der Waals surface area contributed by atoms with Gasteiger partial charge in [0.2, 0.25) is 0 Å². The van der Waals surface area contributed by atoms with Gasteiger partial charge in [-0.15, -0.1) is 0 Å². The molecule has 25 heavy (non-hydrogen) atoms. The number of hydrogen-bond donors (Lipinski definition) is 1. The Hall–Kier alpha value is -0.910. The van der Waals surface area contributed by atoms with E-state index < -0.39 is 11.7 Å². The molecule has 136 valence electrons. The topological polar surface area (TPSA) is 71.6 Å². The molecule has 0 aromatic rings. The summed E-state index contributed by atoms with van der Waals surface area (Å²) in [5.74, 6) is 0.806. The molecule has 3 aliphatic carbocycles. The Kier molecular flexibility index (Phi) is 2.52. The third-order valence-corrected chi connectivity index (χ3v) is 8.63. The second kappa shape index (κ2) is 4.15. The first-order valence-electron chi connectivity index (χ1n) is 9.79. The summed E-state index contributed by atoms with van der Waals surface area (Å²) in [4.78, 5) is 12.0. The molecule has 0 amide bonds. The largest absolute Gasteiger partial charge is 0.458 e. The summed E-state index contributed by atoms with van der Waals surface area (Å²) < 4.78 is 18.1. The predicted octanol–water partition coefficient (Wildman–Crippen LogP) is 1.97. The smallest absolute Gasteiger partial charge is 0.334 e. The molecule has 4 fully saturated rings. The van der Waals surface area contributed by atoms with E-state index in [1.54, 1.807) is 0 Å². The molecule has 0 bridgehead atoms. The van der Waals surface area contributed by atoms with Crippen LogP contribution in [0.4, 0.5) is 0 Å². The number of aliphatic hydroxyl groups excluding tert-OH is 1. The number of fused-ring (bicyclic) bond motifs is 2. The second-order valence-electron chi connectivity index (χ2n) is 9.62. The molecular formula is C20H26O5. The molecule has 0 aromatic carbocycles. The van der Waals surface area contributed by atoms with Crippen molar-refractivity contribution in [3.63, 3.8) is 0 Å². The van der Waals surface area contributed by atoms with Crippen LogP contribution in [0.1, 0.15) is 46.5 Å². The van der Waals surface area contributed by atoms with Gasteiger partial charge >= 0.3 is 5.97 Å². The van der Waals surface area contributed by atoms with E-state index >= 15 is 0 Å². The number of esters is 1. The van der Waals surface area contributed by atoms with Crippen LogP contribution in [0.3, 0.4) is 0 Å². The van der Waals surface area contributed by atoms with Gasteiger partial charge in [-0.3, -0.25) is 0 Å². The average molecular weight is 346 g/mol. The highest BCUT2D eigenvalue weighted by molar-refractivity contribution is 5.92. The molecule has 2 spiro atoms. The first-order valence-corrected chi connectivity index (χ1v) is 9.79. The van der Waals surface area contributed by atoms with Crippen molar-refractivity contribution in [3.05, 3.63) is 11.1 Å². The van der Waals surface area contributed by atoms with Crippen LogP contribution in [0.15, 0.2) is 11.1 Å². The molecule has 0 radical (unpaired) electrons. The Morgan fingerprint density at radius 3 is 2.76 bits per heavy atom. The molecule has 2 saturated carbocycles. The summed E-state index contributed by atoms with van der Waals surface area (Å²) >= 11 is 0. The fraction of sp³-hybridized carbons (Fsp3) is 0.850. The van der Waals surface area contributed by atoms with Gasteiger partial charge in [0.05, 0.1) is 18.3 Å². The molecule has 5 heteroatoms. The summed E-state index contributed by atoms with van der Waals surface area (Å²) in [6.45, 7) is 7.12. The normalized spacial score (nSPS) is 58.0. The Morgan fingerprint density at radius 1 is 1.20 bits per heavy atom. The number of carbonyl (C=O) groups excluding carboxylic acids is 1. The predicted molar refractivity (Wildman–Crippen MR) is 87.6 cm³/mol. The number of ether oxygens (including phenoxy) is 3. The van der Waals surface area contributed by atoms with Gasteiger partial charge in [0.1, 0.15) is 12.2 Å². The molecule has 1 N–H and O–H groups in total. The van der Waals surface area contributed by atoms with Crippen molar-refractivity contribution in [2.45, 2.75) is 76.0 Å². The lowest BCUT2D eigenvalue weighted by molar-refractivity contribution is -0.136. The van der Waals surface area contributed by atoms with Crippen molar-refractivity contribution in [1.29, 1.82) is 0 Å². The Balaban J connectivity index is 1.46. The molecule has 3 heterocycles. The first kappa shape index (κ1) is 15.2. The third-order valence-electron chi connectivity index (χ3n) is 8.63. The lowest BCUT2D eigenvalue weighted by Crippen LogP contribution is -2.66. The van der Waals surface area contributed by atoms with Crippen LogP contribution in [0.25, 0.3) is 0 Å². The monoisotopic (exact) mass is 346 g/mol. The van der Waals surface area contributed by atoms with E-state index in [4.69, 9.17) is 14.2 Å². The average Bonchev–Trinajstić information content (AvgIpc) is 3.44. The van der Waals surface area contributed by atoms with Gasteiger partial charge in [0.15, 0.2) is 5.60 Å². The zero-order valence-corrected chi connectivity index (χ0v) is 15.1. The van der Waals surface area contributed by atoms with Crippen molar-refractivity contribution in [2.75, 3.05) is 6.61 Å². The Bertz CT molecular complexity index is 728. The fourth-order valence-electron chi connectivity index (χ4n) is 7.29. The Labute approximate surface area is 147 Å². The van der Waals surface area contributed by atoms with Gasteiger partial charge in [-0.25, -0.2) is 4.79 Å². The second-order valence-corrected chi connectivity index (χ2v) is 9.62. The van der Waals surface area contributed by atoms with Crippen LogP contribution < -0.4 is 0 Å². The molecule has 6 rings (SSSR count). The van der Waals surface area contributed by atoms with Gasteiger partial charge in [-0.1, -0.05) is 20.8 Å². The summed E-state index contributed by atoms with van der Waals surface area (Å²) in [7, 11) is 0. The molecule has 2 saturated heterocycles. The zero-order chi connectivity index (χ0) is 17.4. The van der Waals surface area contributed by atoms with Crippen LogP contribution in [0.5, 0.6) is 0 Å². The van der Waals surface area contributed by atoms with Gasteiger partial charge < -0.3 is 19.3 Å². The minimum atomic E-state index is -0.516. The Morgan fingerprint density at radius 2 is 2.00 bits per heavy atom. The maximum Gasteiger partial charge on any atom is 0.334 e. The molecule has 6 aliphatic rings. The minimum absolute atomic E-state index is 0.0506. The highest BCUT2D eigenvalue weighted by Gasteiger charge is 2.92. The van der Waals surface area contributed by atoms with Gasteiger partial charge in [0.25, 0.3) is 0 Å². The van der Waals surface area contributed by atoms with Crippen LogP contribution in [0, 0.1) is 23.2 Å². The minimum Gasteiger partial charge on any atom is -0.458 e. The molecule has 1 unspecified atom stereocenters. The SMILES string of the molecule is CC(C)C1C[C@@H]2O[C@]23[C@]2(O[C@H]2C[C@H]2C4=C(CC[C@@]23C)C(=O)OC4)[C@@H]1O. The number of rotatable bonds is 1. The molecule has 5 nitrogen and oxygen atoms in total. The standard InChI is InChI=1S/C20H26O5/c1-9(2)11-6-15-20(25-15)18(3)5-4-10-12(8-23-17(10)22)13(18)7-14-19(20,24-14)16(11)21/h9,11,13-16,21H,4-8H2,1-3H3/t11?,13-,14-,15-,16+,18-,19+,20+/m0/s1. The maximum atomic E-state index is 12.0. The van der Waals surface area contributed by atoms with Crippen molar-refractivity contribution in [2.24, 2.45) is 23.2 Å². The van der Waals surface area contributed by atoms with E-state index in [0.717, 1.165) is 31.3 Å². The number of epoxide rings is 2. The van der Waals surface area contributed by atoms with E-state index in [2.05, 4.69) is 20.8 Å². The lowest BCUT2D eigenvalue weighted by atomic mass is 9.46. The summed E-state index contributed by atoms with van der Waals surface area (Å²) in [5, 5.41) is 11.3. The van der Waals surface area contributed by atoms with E-state index in [1.807, 2.05) is 0 Å². The molecular weight excluding hydrogens is 320 g/mol. The maximum absolute atomic E-state index is 12.0. The van der Waals surface area contributed by atoms with E-state index in [0.29, 0.717) is 12.5 Å². The van der Waals surface area contributed by atoms with Crippen molar-refractivity contribution in [3.8, 4) is 0 Å². The number of cyclic esters (lactones) is 1. The summed E-state index contributed by atoms with van der Waals surface area (Å²) in [6, 6.07) is 0.